The van der Waals surface area contributed by atoms with E-state index in [1.807, 2.05) is 18.4 Å². The first-order chi connectivity index (χ1) is 8.95. The molecule has 0 spiro atoms. The van der Waals surface area contributed by atoms with Crippen LogP contribution in [0.2, 0.25) is 0 Å². The number of aromatic carboxylic acids is 1. The fraction of sp³-hybridized carbons (Fsp3) is 0.231. The van der Waals surface area contributed by atoms with E-state index >= 15 is 0 Å². The van der Waals surface area contributed by atoms with Gasteiger partial charge in [0.25, 0.3) is 0 Å². The molecule has 2 N–H and O–H groups in total. The van der Waals surface area contributed by atoms with Crippen molar-refractivity contribution in [3.63, 3.8) is 0 Å². The highest BCUT2D eigenvalue weighted by Gasteiger charge is 2.19. The Morgan fingerprint density at radius 3 is 2.63 bits per heavy atom. The Balaban J connectivity index is 2.71. The smallest absolute Gasteiger partial charge is 0.356 e. The number of aryl methyl sites for hydroxylation is 2. The molecule has 0 bridgehead atoms. The number of hydrogen-bond acceptors (Lipinski definition) is 4. The third kappa shape index (κ3) is 2.31. The molecule has 2 rings (SSSR count). The van der Waals surface area contributed by atoms with E-state index in [1.165, 1.54) is 22.5 Å². The Labute approximate surface area is 114 Å². The van der Waals surface area contributed by atoms with Crippen molar-refractivity contribution in [2.24, 2.45) is 7.05 Å². The zero-order chi connectivity index (χ0) is 14.2. The highest BCUT2D eigenvalue weighted by molar-refractivity contribution is 7.98. The van der Waals surface area contributed by atoms with Gasteiger partial charge < -0.3 is 10.2 Å². The minimum Gasteiger partial charge on any atom is -0.507 e. The quantitative estimate of drug-likeness (QED) is 0.844. The average molecular weight is 278 g/mol. The van der Waals surface area contributed by atoms with Gasteiger partial charge in [0.2, 0.25) is 0 Å². The summed E-state index contributed by atoms with van der Waals surface area (Å²) in [5.41, 5.74) is 1.91. The molecule has 19 heavy (non-hydrogen) atoms. The lowest BCUT2D eigenvalue weighted by atomic mass is 10.1. The summed E-state index contributed by atoms with van der Waals surface area (Å²) in [5.74, 6) is -0.925. The zero-order valence-corrected chi connectivity index (χ0v) is 11.7. The third-order valence-electron chi connectivity index (χ3n) is 2.92. The van der Waals surface area contributed by atoms with Crippen LogP contribution in [0.4, 0.5) is 0 Å². The largest absolute Gasteiger partial charge is 0.507 e. The number of aromatic nitrogens is 2. The van der Waals surface area contributed by atoms with Gasteiger partial charge in [0.15, 0.2) is 5.69 Å². The first kappa shape index (κ1) is 13.5. The van der Waals surface area contributed by atoms with Crippen molar-refractivity contribution in [3.05, 3.63) is 29.5 Å². The van der Waals surface area contributed by atoms with Crippen LogP contribution in [0.15, 0.2) is 23.1 Å². The number of carbonyl (C=O) groups is 1. The molecule has 1 aromatic carbocycles. The number of carboxylic acids is 1. The molecule has 0 aliphatic heterocycles. The van der Waals surface area contributed by atoms with Gasteiger partial charge in [-0.25, -0.2) is 4.79 Å². The van der Waals surface area contributed by atoms with Gasteiger partial charge >= 0.3 is 5.97 Å². The summed E-state index contributed by atoms with van der Waals surface area (Å²) in [5, 5.41) is 23.1. The Bertz CT molecular complexity index is 650. The Kier molecular flexibility index (Phi) is 3.53. The van der Waals surface area contributed by atoms with Crippen LogP contribution in [0.3, 0.4) is 0 Å². The number of carboxylic acid groups (broad SMARTS) is 1. The zero-order valence-electron chi connectivity index (χ0n) is 10.8. The molecular weight excluding hydrogens is 264 g/mol. The molecule has 0 radical (unpaired) electrons. The summed E-state index contributed by atoms with van der Waals surface area (Å²) >= 11 is 1.49. The number of benzene rings is 1. The van der Waals surface area contributed by atoms with Gasteiger partial charge in [0.1, 0.15) is 5.75 Å². The molecule has 1 heterocycles. The van der Waals surface area contributed by atoms with Crippen molar-refractivity contribution in [2.45, 2.75) is 11.8 Å². The molecule has 0 aliphatic carbocycles. The number of phenols is 1. The van der Waals surface area contributed by atoms with E-state index in [9.17, 15) is 9.90 Å². The molecule has 0 amide bonds. The maximum atomic E-state index is 11.0. The number of aromatic hydroxyl groups is 1. The topological polar surface area (TPSA) is 75.3 Å². The van der Waals surface area contributed by atoms with E-state index in [2.05, 4.69) is 5.10 Å². The predicted octanol–water partition coefficient (Wildman–Crippen LogP) is 2.52. The molecule has 100 valence electrons. The highest BCUT2D eigenvalue weighted by atomic mass is 32.2. The fourth-order valence-corrected chi connectivity index (χ4v) is 2.51. The van der Waals surface area contributed by atoms with Gasteiger partial charge in [0, 0.05) is 11.9 Å². The molecule has 2 aromatic rings. The average Bonchev–Trinajstić information content (AvgIpc) is 2.74. The summed E-state index contributed by atoms with van der Waals surface area (Å²) in [6, 6.07) is 5.21. The van der Waals surface area contributed by atoms with Crippen molar-refractivity contribution in [2.75, 3.05) is 6.26 Å². The van der Waals surface area contributed by atoms with E-state index in [-0.39, 0.29) is 11.4 Å². The summed E-state index contributed by atoms with van der Waals surface area (Å²) in [6.07, 6.45) is 1.90. The Hall–Kier alpha value is -1.95. The van der Waals surface area contributed by atoms with Gasteiger partial charge in [-0.2, -0.15) is 5.10 Å². The van der Waals surface area contributed by atoms with Crippen LogP contribution < -0.4 is 0 Å². The van der Waals surface area contributed by atoms with Crippen molar-refractivity contribution >= 4 is 17.7 Å². The van der Waals surface area contributed by atoms with Gasteiger partial charge in [0.05, 0.1) is 11.3 Å². The molecule has 0 unspecified atom stereocenters. The normalized spacial score (nSPS) is 10.7. The second kappa shape index (κ2) is 4.97. The summed E-state index contributed by atoms with van der Waals surface area (Å²) < 4.78 is 1.47. The first-order valence-electron chi connectivity index (χ1n) is 5.60. The van der Waals surface area contributed by atoms with Crippen LogP contribution in [0.25, 0.3) is 11.3 Å². The molecule has 6 heteroatoms. The number of rotatable bonds is 3. The number of thioether (sulfide) groups is 1. The van der Waals surface area contributed by atoms with E-state index in [0.29, 0.717) is 11.3 Å². The lowest BCUT2D eigenvalue weighted by Gasteiger charge is -2.11. The highest BCUT2D eigenvalue weighted by Crippen LogP contribution is 2.39. The molecule has 5 nitrogen and oxygen atoms in total. The second-order valence-electron chi connectivity index (χ2n) is 4.15. The van der Waals surface area contributed by atoms with Crippen LogP contribution in [0, 0.1) is 6.92 Å². The Morgan fingerprint density at radius 2 is 2.11 bits per heavy atom. The number of nitrogens with zero attached hydrogens (tertiary/aromatic N) is 2. The lowest BCUT2D eigenvalue weighted by Crippen LogP contribution is -1.99. The van der Waals surface area contributed by atoms with Gasteiger partial charge in [-0.05, 0) is 30.9 Å². The fourth-order valence-electron chi connectivity index (χ4n) is 1.90. The van der Waals surface area contributed by atoms with Gasteiger partial charge in [-0.1, -0.05) is 6.07 Å². The molecule has 0 atom stereocenters. The van der Waals surface area contributed by atoms with Crippen molar-refractivity contribution in [3.8, 4) is 17.0 Å². The van der Waals surface area contributed by atoms with Crippen molar-refractivity contribution < 1.29 is 15.0 Å². The lowest BCUT2D eigenvalue weighted by molar-refractivity contribution is 0.0689. The summed E-state index contributed by atoms with van der Waals surface area (Å²) in [4.78, 5) is 11.8. The molecule has 0 saturated carbocycles. The van der Waals surface area contributed by atoms with Crippen LogP contribution in [-0.2, 0) is 7.05 Å². The number of phenolic OH excluding ortho intramolecular Hbond substituents is 1. The van der Waals surface area contributed by atoms with Crippen LogP contribution in [0.5, 0.6) is 5.75 Å². The number of hydrogen-bond donors (Lipinski definition) is 2. The molecular formula is C13H14N2O3S. The maximum Gasteiger partial charge on any atom is 0.356 e. The minimum absolute atomic E-state index is 0.0366. The summed E-state index contributed by atoms with van der Waals surface area (Å²) in [6.45, 7) is 1.80. The standard InChI is InChI=1S/C13H14N2O3S/c1-7-4-5-10(19-3)11(12(7)16)9-6-8(13(17)18)14-15(9)2/h4-6,16H,1-3H3,(H,17,18). The maximum absolute atomic E-state index is 11.0. The molecule has 0 aliphatic rings. The monoisotopic (exact) mass is 278 g/mol. The van der Waals surface area contributed by atoms with E-state index < -0.39 is 5.97 Å². The predicted molar refractivity (Wildman–Crippen MR) is 73.8 cm³/mol. The van der Waals surface area contributed by atoms with Gasteiger partial charge in [-0.15, -0.1) is 11.8 Å². The molecule has 0 saturated heterocycles. The SMILES string of the molecule is CSc1ccc(C)c(O)c1-c1cc(C(=O)O)nn1C. The van der Waals surface area contributed by atoms with Crippen molar-refractivity contribution in [1.82, 2.24) is 9.78 Å². The summed E-state index contributed by atoms with van der Waals surface area (Å²) in [7, 11) is 1.66. The Morgan fingerprint density at radius 1 is 1.42 bits per heavy atom. The van der Waals surface area contributed by atoms with Crippen LogP contribution in [-0.4, -0.2) is 32.2 Å². The van der Waals surface area contributed by atoms with Gasteiger partial charge in [-0.3, -0.25) is 4.68 Å². The van der Waals surface area contributed by atoms with Crippen molar-refractivity contribution in [1.29, 1.82) is 0 Å². The molecule has 1 aromatic heterocycles. The van der Waals surface area contributed by atoms with E-state index in [4.69, 9.17) is 5.11 Å². The third-order valence-corrected chi connectivity index (χ3v) is 3.70. The molecule has 0 fully saturated rings. The second-order valence-corrected chi connectivity index (χ2v) is 5.00. The van der Waals surface area contributed by atoms with E-state index in [1.54, 1.807) is 14.0 Å². The van der Waals surface area contributed by atoms with Crippen LogP contribution in [0.1, 0.15) is 16.1 Å². The minimum atomic E-state index is -1.08. The van der Waals surface area contributed by atoms with Crippen LogP contribution >= 0.6 is 11.8 Å². The first-order valence-corrected chi connectivity index (χ1v) is 6.82. The van der Waals surface area contributed by atoms with E-state index in [0.717, 1.165) is 10.5 Å².